The molecule has 0 bridgehead atoms. The second kappa shape index (κ2) is 5.75. The standard InChI is InChI=1S/C12H21N3O4/c1-8-5-14-4-2-3-9(14)6-15(8)12(19)13-10(7-16)11(17)18/h8-10,16H,2-7H2,1H3,(H,13,19)(H,17,18). The van der Waals surface area contributed by atoms with Gasteiger partial charge in [0.05, 0.1) is 6.61 Å². The number of hydrogen-bond acceptors (Lipinski definition) is 4. The lowest BCUT2D eigenvalue weighted by atomic mass is 10.1. The van der Waals surface area contributed by atoms with Crippen molar-refractivity contribution in [3.8, 4) is 0 Å². The van der Waals surface area contributed by atoms with Crippen LogP contribution in [0.4, 0.5) is 4.79 Å². The number of aliphatic hydroxyl groups excluding tert-OH is 1. The summed E-state index contributed by atoms with van der Waals surface area (Å²) in [6, 6.07) is -1.19. The zero-order chi connectivity index (χ0) is 14.0. The molecule has 7 nitrogen and oxygen atoms in total. The summed E-state index contributed by atoms with van der Waals surface area (Å²) in [6.07, 6.45) is 2.24. The number of carboxylic acid groups (broad SMARTS) is 1. The fraction of sp³-hybridized carbons (Fsp3) is 0.833. The molecule has 3 atom stereocenters. The van der Waals surface area contributed by atoms with Gasteiger partial charge < -0.3 is 20.4 Å². The molecule has 0 spiro atoms. The number of aliphatic carboxylic acids is 1. The lowest BCUT2D eigenvalue weighted by Crippen LogP contribution is -2.60. The summed E-state index contributed by atoms with van der Waals surface area (Å²) in [7, 11) is 0. The van der Waals surface area contributed by atoms with Gasteiger partial charge in [0.2, 0.25) is 0 Å². The molecule has 0 saturated carbocycles. The van der Waals surface area contributed by atoms with E-state index in [1.54, 1.807) is 4.90 Å². The van der Waals surface area contributed by atoms with Gasteiger partial charge in [-0.15, -0.1) is 0 Å². The van der Waals surface area contributed by atoms with Gasteiger partial charge >= 0.3 is 12.0 Å². The van der Waals surface area contributed by atoms with E-state index in [4.69, 9.17) is 10.2 Å². The second-order valence-electron chi connectivity index (χ2n) is 5.32. The van der Waals surface area contributed by atoms with Gasteiger partial charge in [0, 0.05) is 25.2 Å². The molecular formula is C12H21N3O4. The minimum absolute atomic E-state index is 0.0579. The van der Waals surface area contributed by atoms with Crippen molar-refractivity contribution >= 4 is 12.0 Å². The van der Waals surface area contributed by atoms with E-state index in [0.717, 1.165) is 25.9 Å². The number of carbonyl (C=O) groups excluding carboxylic acids is 1. The molecule has 19 heavy (non-hydrogen) atoms. The van der Waals surface area contributed by atoms with E-state index >= 15 is 0 Å². The Morgan fingerprint density at radius 2 is 2.16 bits per heavy atom. The topological polar surface area (TPSA) is 93.1 Å². The summed E-state index contributed by atoms with van der Waals surface area (Å²) < 4.78 is 0. The first-order chi connectivity index (χ1) is 9.02. The quantitative estimate of drug-likeness (QED) is 0.632. The molecule has 2 rings (SSSR count). The number of rotatable bonds is 3. The van der Waals surface area contributed by atoms with Gasteiger partial charge in [0.15, 0.2) is 6.04 Å². The molecule has 2 saturated heterocycles. The third kappa shape index (κ3) is 2.98. The molecule has 2 aliphatic heterocycles. The first-order valence-electron chi connectivity index (χ1n) is 6.67. The molecule has 0 aromatic carbocycles. The average molecular weight is 271 g/mol. The molecule has 3 N–H and O–H groups in total. The predicted molar refractivity (Wildman–Crippen MR) is 67.8 cm³/mol. The highest BCUT2D eigenvalue weighted by Gasteiger charge is 2.37. The van der Waals surface area contributed by atoms with Gasteiger partial charge in [-0.1, -0.05) is 0 Å². The van der Waals surface area contributed by atoms with E-state index < -0.39 is 24.6 Å². The number of carbonyl (C=O) groups is 2. The lowest BCUT2D eigenvalue weighted by Gasteiger charge is -2.42. The van der Waals surface area contributed by atoms with E-state index in [1.807, 2.05) is 6.92 Å². The number of aliphatic hydroxyl groups is 1. The summed E-state index contributed by atoms with van der Waals surface area (Å²) in [6.45, 7) is 3.90. The van der Waals surface area contributed by atoms with E-state index in [9.17, 15) is 9.59 Å². The van der Waals surface area contributed by atoms with Crippen LogP contribution in [0.15, 0.2) is 0 Å². The van der Waals surface area contributed by atoms with Gasteiger partial charge in [0.25, 0.3) is 0 Å². The fourth-order valence-electron chi connectivity index (χ4n) is 2.89. The van der Waals surface area contributed by atoms with Gasteiger partial charge in [-0.05, 0) is 26.3 Å². The highest BCUT2D eigenvalue weighted by Crippen LogP contribution is 2.24. The lowest BCUT2D eigenvalue weighted by molar-refractivity contribution is -0.140. The molecule has 108 valence electrons. The number of hydrogen-bond donors (Lipinski definition) is 3. The molecule has 2 heterocycles. The molecule has 3 unspecified atom stereocenters. The van der Waals surface area contributed by atoms with Crippen LogP contribution in [0, 0.1) is 0 Å². The maximum absolute atomic E-state index is 12.1. The van der Waals surface area contributed by atoms with Crippen molar-refractivity contribution in [1.29, 1.82) is 0 Å². The van der Waals surface area contributed by atoms with Crippen LogP contribution in [-0.4, -0.2) is 76.4 Å². The summed E-state index contributed by atoms with van der Waals surface area (Å²) in [5, 5.41) is 20.1. The fourth-order valence-corrected chi connectivity index (χ4v) is 2.89. The summed E-state index contributed by atoms with van der Waals surface area (Å²) >= 11 is 0. The van der Waals surface area contributed by atoms with Crippen molar-refractivity contribution < 1.29 is 19.8 Å². The number of fused-ring (bicyclic) bond motifs is 1. The first kappa shape index (κ1) is 14.1. The Bertz CT molecular complexity index is 363. The van der Waals surface area contributed by atoms with Crippen LogP contribution < -0.4 is 5.32 Å². The number of nitrogens with zero attached hydrogens (tertiary/aromatic N) is 2. The van der Waals surface area contributed by atoms with E-state index in [-0.39, 0.29) is 6.04 Å². The third-order valence-electron chi connectivity index (χ3n) is 3.98. The largest absolute Gasteiger partial charge is 0.480 e. The van der Waals surface area contributed by atoms with Crippen LogP contribution in [0.3, 0.4) is 0 Å². The Morgan fingerprint density at radius 3 is 2.79 bits per heavy atom. The normalized spacial score (nSPS) is 28.8. The molecule has 0 radical (unpaired) electrons. The second-order valence-corrected chi connectivity index (χ2v) is 5.32. The monoisotopic (exact) mass is 271 g/mol. The number of carboxylic acids is 1. The molecule has 2 fully saturated rings. The average Bonchev–Trinajstić information content (AvgIpc) is 2.81. The van der Waals surface area contributed by atoms with Crippen LogP contribution in [-0.2, 0) is 4.79 Å². The van der Waals surface area contributed by atoms with Gasteiger partial charge in [0.1, 0.15) is 0 Å². The van der Waals surface area contributed by atoms with Crippen molar-refractivity contribution in [2.24, 2.45) is 0 Å². The summed E-state index contributed by atoms with van der Waals surface area (Å²) in [5.41, 5.74) is 0. The van der Waals surface area contributed by atoms with E-state index in [2.05, 4.69) is 10.2 Å². The van der Waals surface area contributed by atoms with Crippen LogP contribution in [0.2, 0.25) is 0 Å². The van der Waals surface area contributed by atoms with Gasteiger partial charge in [-0.3, -0.25) is 4.90 Å². The van der Waals surface area contributed by atoms with Crippen molar-refractivity contribution in [3.63, 3.8) is 0 Å². The zero-order valence-corrected chi connectivity index (χ0v) is 11.1. The Balaban J connectivity index is 1.96. The predicted octanol–water partition coefficient (Wildman–Crippen LogP) is -0.690. The molecule has 0 aromatic heterocycles. The molecule has 0 aromatic rings. The van der Waals surface area contributed by atoms with Crippen LogP contribution in [0.1, 0.15) is 19.8 Å². The van der Waals surface area contributed by atoms with Crippen LogP contribution >= 0.6 is 0 Å². The van der Waals surface area contributed by atoms with E-state index in [0.29, 0.717) is 12.6 Å². The Labute approximate surface area is 112 Å². The Kier molecular flexibility index (Phi) is 4.26. The SMILES string of the molecule is CC1CN2CCCC2CN1C(=O)NC(CO)C(=O)O. The Hall–Kier alpha value is -1.34. The van der Waals surface area contributed by atoms with Crippen LogP contribution in [0.5, 0.6) is 0 Å². The van der Waals surface area contributed by atoms with Crippen molar-refractivity contribution in [1.82, 2.24) is 15.1 Å². The van der Waals surface area contributed by atoms with Crippen LogP contribution in [0.25, 0.3) is 0 Å². The molecular weight excluding hydrogens is 250 g/mol. The molecule has 2 amide bonds. The number of piperazine rings is 1. The number of urea groups is 1. The van der Waals surface area contributed by atoms with Crippen molar-refractivity contribution in [2.45, 2.75) is 37.9 Å². The van der Waals surface area contributed by atoms with Gasteiger partial charge in [-0.25, -0.2) is 9.59 Å². The highest BCUT2D eigenvalue weighted by molar-refractivity contribution is 5.82. The third-order valence-corrected chi connectivity index (χ3v) is 3.98. The smallest absolute Gasteiger partial charge is 0.328 e. The molecule has 0 aliphatic carbocycles. The summed E-state index contributed by atoms with van der Waals surface area (Å²) in [4.78, 5) is 27.0. The zero-order valence-electron chi connectivity index (χ0n) is 11.1. The molecule has 2 aliphatic rings. The summed E-state index contributed by atoms with van der Waals surface area (Å²) in [5.74, 6) is -1.22. The molecule has 7 heteroatoms. The minimum atomic E-state index is -1.23. The maximum Gasteiger partial charge on any atom is 0.328 e. The van der Waals surface area contributed by atoms with Gasteiger partial charge in [-0.2, -0.15) is 0 Å². The maximum atomic E-state index is 12.1. The van der Waals surface area contributed by atoms with Crippen molar-refractivity contribution in [3.05, 3.63) is 0 Å². The minimum Gasteiger partial charge on any atom is -0.480 e. The first-order valence-corrected chi connectivity index (χ1v) is 6.67. The number of nitrogens with one attached hydrogen (secondary N) is 1. The number of amides is 2. The van der Waals surface area contributed by atoms with E-state index in [1.165, 1.54) is 0 Å². The highest BCUT2D eigenvalue weighted by atomic mass is 16.4. The Morgan fingerprint density at radius 1 is 1.42 bits per heavy atom. The van der Waals surface area contributed by atoms with Crippen molar-refractivity contribution in [2.75, 3.05) is 26.2 Å².